The summed E-state index contributed by atoms with van der Waals surface area (Å²) in [6.45, 7) is 0. The number of para-hydroxylation sites is 1. The van der Waals surface area contributed by atoms with Crippen LogP contribution in [0.5, 0.6) is 5.75 Å². The first kappa shape index (κ1) is 18.9. The lowest BCUT2D eigenvalue weighted by molar-refractivity contribution is -0.113. The highest BCUT2D eigenvalue weighted by Crippen LogP contribution is 2.15. The maximum absolute atomic E-state index is 12.8. The Morgan fingerprint density at radius 1 is 0.821 bits per heavy atom. The molecule has 2 N–H and O–H groups in total. The topological polar surface area (TPSA) is 67.4 Å². The van der Waals surface area contributed by atoms with E-state index in [1.165, 1.54) is 0 Å². The number of ether oxygens (including phenoxy) is 1. The van der Waals surface area contributed by atoms with Crippen molar-refractivity contribution in [1.29, 1.82) is 0 Å². The third-order valence-corrected chi connectivity index (χ3v) is 3.99. The summed E-state index contributed by atoms with van der Waals surface area (Å²) in [5.74, 6) is -0.0596. The lowest BCUT2D eigenvalue weighted by Crippen LogP contribution is -2.30. The van der Waals surface area contributed by atoms with Gasteiger partial charge in [0.15, 0.2) is 0 Å². The van der Waals surface area contributed by atoms with Crippen LogP contribution in [0.15, 0.2) is 90.6 Å². The van der Waals surface area contributed by atoms with Gasteiger partial charge in [0.05, 0.1) is 7.11 Å². The predicted octanol–water partition coefficient (Wildman–Crippen LogP) is 4.10. The van der Waals surface area contributed by atoms with E-state index in [1.807, 2.05) is 36.4 Å². The summed E-state index contributed by atoms with van der Waals surface area (Å²) < 4.78 is 5.15. The van der Waals surface area contributed by atoms with Crippen LogP contribution < -0.4 is 15.4 Å². The fraction of sp³-hybridized carbons (Fsp3) is 0.0435. The highest BCUT2D eigenvalue weighted by atomic mass is 16.5. The smallest absolute Gasteiger partial charge is 0.272 e. The molecule has 0 radical (unpaired) electrons. The van der Waals surface area contributed by atoms with E-state index in [9.17, 15) is 9.59 Å². The van der Waals surface area contributed by atoms with Gasteiger partial charge in [-0.1, -0.05) is 48.5 Å². The van der Waals surface area contributed by atoms with Gasteiger partial charge in [0.1, 0.15) is 11.4 Å². The van der Waals surface area contributed by atoms with Crippen molar-refractivity contribution < 1.29 is 14.3 Å². The number of hydrogen-bond donors (Lipinski definition) is 2. The molecule has 0 aliphatic carbocycles. The number of benzene rings is 3. The molecule has 0 spiro atoms. The molecule has 5 heteroatoms. The standard InChI is InChI=1S/C23H20N2O3/c1-28-20-14-12-17(13-15-20)16-21(23(27)24-19-10-6-3-7-11-19)25-22(26)18-8-4-2-5-9-18/h2-16H,1H3,(H,24,27)(H,25,26)/b21-16+. The first-order valence-corrected chi connectivity index (χ1v) is 8.74. The summed E-state index contributed by atoms with van der Waals surface area (Å²) >= 11 is 0. The van der Waals surface area contributed by atoms with Gasteiger partial charge in [-0.25, -0.2) is 0 Å². The number of hydrogen-bond acceptors (Lipinski definition) is 3. The monoisotopic (exact) mass is 372 g/mol. The molecule has 0 bridgehead atoms. The van der Waals surface area contributed by atoms with Crippen LogP contribution in [-0.4, -0.2) is 18.9 Å². The molecule has 0 saturated carbocycles. The molecule has 5 nitrogen and oxygen atoms in total. The number of carbonyl (C=O) groups excluding carboxylic acids is 2. The minimum Gasteiger partial charge on any atom is -0.497 e. The zero-order valence-electron chi connectivity index (χ0n) is 15.4. The zero-order chi connectivity index (χ0) is 19.8. The van der Waals surface area contributed by atoms with Crippen molar-refractivity contribution in [3.8, 4) is 5.75 Å². The summed E-state index contributed by atoms with van der Waals surface area (Å²) in [4.78, 5) is 25.3. The third-order valence-electron chi connectivity index (χ3n) is 3.99. The Labute approximate surface area is 163 Å². The van der Waals surface area contributed by atoms with Crippen LogP contribution in [0, 0.1) is 0 Å². The van der Waals surface area contributed by atoms with Crippen molar-refractivity contribution in [2.24, 2.45) is 0 Å². The van der Waals surface area contributed by atoms with Crippen LogP contribution in [-0.2, 0) is 4.79 Å². The molecule has 0 aliphatic rings. The second-order valence-electron chi connectivity index (χ2n) is 5.97. The fourth-order valence-corrected chi connectivity index (χ4v) is 2.53. The van der Waals surface area contributed by atoms with E-state index in [1.54, 1.807) is 61.7 Å². The van der Waals surface area contributed by atoms with Crippen LogP contribution in [0.3, 0.4) is 0 Å². The Balaban J connectivity index is 1.87. The number of methoxy groups -OCH3 is 1. The van der Waals surface area contributed by atoms with Crippen LogP contribution >= 0.6 is 0 Å². The highest BCUT2D eigenvalue weighted by Gasteiger charge is 2.15. The van der Waals surface area contributed by atoms with E-state index in [2.05, 4.69) is 10.6 Å². The number of amides is 2. The first-order chi connectivity index (χ1) is 13.7. The summed E-state index contributed by atoms with van der Waals surface area (Å²) in [5.41, 5.74) is 2.01. The van der Waals surface area contributed by atoms with E-state index >= 15 is 0 Å². The summed E-state index contributed by atoms with van der Waals surface area (Å²) in [5, 5.41) is 5.50. The third kappa shape index (κ3) is 5.08. The van der Waals surface area contributed by atoms with Crippen molar-refractivity contribution in [3.63, 3.8) is 0 Å². The second-order valence-corrected chi connectivity index (χ2v) is 5.97. The van der Waals surface area contributed by atoms with E-state index in [0.717, 1.165) is 5.56 Å². The largest absolute Gasteiger partial charge is 0.497 e. The van der Waals surface area contributed by atoms with Crippen molar-refractivity contribution in [2.45, 2.75) is 0 Å². The summed E-state index contributed by atoms with van der Waals surface area (Å²) in [6.07, 6.45) is 1.62. The van der Waals surface area contributed by atoms with Crippen molar-refractivity contribution in [3.05, 3.63) is 102 Å². The minimum atomic E-state index is -0.411. The van der Waals surface area contributed by atoms with Crippen molar-refractivity contribution >= 4 is 23.6 Å². The SMILES string of the molecule is COc1ccc(/C=C(/NC(=O)c2ccccc2)C(=O)Nc2ccccc2)cc1. The van der Waals surface area contributed by atoms with Gasteiger partial charge in [-0.3, -0.25) is 9.59 Å². The average molecular weight is 372 g/mol. The van der Waals surface area contributed by atoms with E-state index in [4.69, 9.17) is 4.74 Å². The molecule has 3 rings (SSSR count). The Kier molecular flexibility index (Phi) is 6.21. The molecule has 0 heterocycles. The zero-order valence-corrected chi connectivity index (χ0v) is 15.4. The van der Waals surface area contributed by atoms with Crippen LogP contribution in [0.1, 0.15) is 15.9 Å². The highest BCUT2D eigenvalue weighted by molar-refractivity contribution is 6.10. The molecule has 0 unspecified atom stereocenters. The Morgan fingerprint density at radius 3 is 2.04 bits per heavy atom. The van der Waals surface area contributed by atoms with Gasteiger partial charge in [-0.05, 0) is 48.0 Å². The van der Waals surface area contributed by atoms with Gasteiger partial charge >= 0.3 is 0 Å². The molecule has 0 atom stereocenters. The Bertz CT molecular complexity index is 966. The van der Waals surface area contributed by atoms with E-state index in [0.29, 0.717) is 17.0 Å². The first-order valence-electron chi connectivity index (χ1n) is 8.74. The molecule has 0 fully saturated rings. The Hall–Kier alpha value is -3.86. The lowest BCUT2D eigenvalue weighted by Gasteiger charge is -2.11. The molecule has 3 aromatic rings. The normalized spacial score (nSPS) is 10.8. The van der Waals surface area contributed by atoms with Crippen molar-refractivity contribution in [2.75, 3.05) is 12.4 Å². The maximum Gasteiger partial charge on any atom is 0.272 e. The predicted molar refractivity (Wildman–Crippen MR) is 110 cm³/mol. The fourth-order valence-electron chi connectivity index (χ4n) is 2.53. The lowest BCUT2D eigenvalue weighted by atomic mass is 10.1. The van der Waals surface area contributed by atoms with E-state index < -0.39 is 5.91 Å². The minimum absolute atomic E-state index is 0.142. The molecule has 0 aliphatic heterocycles. The quantitative estimate of drug-likeness (QED) is 0.640. The maximum atomic E-state index is 12.8. The average Bonchev–Trinajstić information content (AvgIpc) is 2.75. The molecular weight excluding hydrogens is 352 g/mol. The van der Waals surface area contributed by atoms with Crippen LogP contribution in [0.25, 0.3) is 6.08 Å². The number of carbonyl (C=O) groups is 2. The number of nitrogens with one attached hydrogen (secondary N) is 2. The molecule has 28 heavy (non-hydrogen) atoms. The van der Waals surface area contributed by atoms with Crippen LogP contribution in [0.2, 0.25) is 0 Å². The van der Waals surface area contributed by atoms with Crippen molar-refractivity contribution in [1.82, 2.24) is 5.32 Å². The molecule has 3 aromatic carbocycles. The van der Waals surface area contributed by atoms with Gasteiger partial charge in [0.2, 0.25) is 0 Å². The number of anilines is 1. The van der Waals surface area contributed by atoms with Crippen LogP contribution in [0.4, 0.5) is 5.69 Å². The molecule has 2 amide bonds. The second kappa shape index (κ2) is 9.19. The van der Waals surface area contributed by atoms with Gasteiger partial charge in [-0.15, -0.1) is 0 Å². The molecule has 0 aromatic heterocycles. The molecular formula is C23H20N2O3. The summed E-state index contributed by atoms with van der Waals surface area (Å²) in [6, 6.07) is 25.0. The molecule has 140 valence electrons. The van der Waals surface area contributed by atoms with E-state index in [-0.39, 0.29) is 11.6 Å². The van der Waals surface area contributed by atoms with Gasteiger partial charge in [0.25, 0.3) is 11.8 Å². The number of rotatable bonds is 6. The Morgan fingerprint density at radius 2 is 1.43 bits per heavy atom. The van der Waals surface area contributed by atoms with Gasteiger partial charge < -0.3 is 15.4 Å². The van der Waals surface area contributed by atoms with Gasteiger partial charge in [0, 0.05) is 11.3 Å². The molecule has 0 saturated heterocycles. The van der Waals surface area contributed by atoms with Gasteiger partial charge in [-0.2, -0.15) is 0 Å². The summed E-state index contributed by atoms with van der Waals surface area (Å²) in [7, 11) is 1.59.